The van der Waals surface area contributed by atoms with Crippen LogP contribution in [0.3, 0.4) is 0 Å². The molecule has 0 atom stereocenters. The van der Waals surface area contributed by atoms with E-state index in [2.05, 4.69) is 5.32 Å². The van der Waals surface area contributed by atoms with Crippen LogP contribution in [0.15, 0.2) is 54.6 Å². The Kier molecular flexibility index (Phi) is 5.31. The molecule has 2 aromatic carbocycles. The largest absolute Gasteiger partial charge is 0.490 e. The van der Waals surface area contributed by atoms with E-state index in [1.807, 2.05) is 57.2 Å². The summed E-state index contributed by atoms with van der Waals surface area (Å²) in [6, 6.07) is 15.0. The van der Waals surface area contributed by atoms with Crippen molar-refractivity contribution in [1.29, 1.82) is 0 Å². The van der Waals surface area contributed by atoms with Crippen LogP contribution in [0, 0.1) is 5.41 Å². The van der Waals surface area contributed by atoms with Crippen molar-refractivity contribution in [3.05, 3.63) is 60.2 Å². The van der Waals surface area contributed by atoms with Gasteiger partial charge in [-0.25, -0.2) is 0 Å². The number of hydrogen-bond donors (Lipinski definition) is 1. The quantitative estimate of drug-likeness (QED) is 0.831. The fourth-order valence-electron chi connectivity index (χ4n) is 2.96. The van der Waals surface area contributed by atoms with Gasteiger partial charge in [-0.05, 0) is 44.5 Å². The molecular weight excluding hydrogens is 340 g/mol. The predicted molar refractivity (Wildman–Crippen MR) is 108 cm³/mol. The van der Waals surface area contributed by atoms with Crippen molar-refractivity contribution in [2.45, 2.75) is 20.8 Å². The van der Waals surface area contributed by atoms with Gasteiger partial charge in [0.15, 0.2) is 0 Å². The maximum absolute atomic E-state index is 12.7. The maximum Gasteiger partial charge on any atom is 0.248 e. The molecule has 2 aromatic rings. The Morgan fingerprint density at radius 3 is 2.67 bits per heavy atom. The van der Waals surface area contributed by atoms with E-state index in [1.165, 1.54) is 6.08 Å². The van der Waals surface area contributed by atoms with Crippen molar-refractivity contribution < 1.29 is 14.3 Å². The summed E-state index contributed by atoms with van der Waals surface area (Å²) in [6.45, 7) is 6.54. The van der Waals surface area contributed by atoms with E-state index >= 15 is 0 Å². The van der Waals surface area contributed by atoms with Gasteiger partial charge in [0.1, 0.15) is 12.4 Å². The monoisotopic (exact) mass is 364 g/mol. The normalized spacial score (nSPS) is 15.8. The van der Waals surface area contributed by atoms with Crippen LogP contribution < -0.4 is 15.0 Å². The van der Waals surface area contributed by atoms with Gasteiger partial charge < -0.3 is 15.0 Å². The van der Waals surface area contributed by atoms with E-state index in [1.54, 1.807) is 23.1 Å². The summed E-state index contributed by atoms with van der Waals surface area (Å²) < 4.78 is 5.89. The Bertz CT molecular complexity index is 872. The fraction of sp³-hybridized carbons (Fsp3) is 0.273. The van der Waals surface area contributed by atoms with Crippen LogP contribution in [0.2, 0.25) is 0 Å². The molecule has 0 saturated heterocycles. The minimum absolute atomic E-state index is 0.0336. The van der Waals surface area contributed by atoms with Crippen LogP contribution in [0.25, 0.3) is 6.08 Å². The number of amides is 2. The molecule has 5 heteroatoms. The highest BCUT2D eigenvalue weighted by molar-refractivity contribution is 6.03. The van der Waals surface area contributed by atoms with Gasteiger partial charge in [-0.2, -0.15) is 0 Å². The summed E-state index contributed by atoms with van der Waals surface area (Å²) in [5.74, 6) is 0.406. The maximum atomic E-state index is 12.7. The second kappa shape index (κ2) is 7.66. The van der Waals surface area contributed by atoms with Gasteiger partial charge in [0.25, 0.3) is 0 Å². The number of nitrogens with zero attached hydrogens (tertiary/aromatic N) is 1. The Hall–Kier alpha value is -3.08. The average molecular weight is 364 g/mol. The lowest BCUT2D eigenvalue weighted by atomic mass is 9.93. The molecule has 0 aliphatic carbocycles. The van der Waals surface area contributed by atoms with Crippen LogP contribution in [0.1, 0.15) is 26.3 Å². The third kappa shape index (κ3) is 4.19. The molecule has 3 rings (SSSR count). The molecule has 0 radical (unpaired) electrons. The Morgan fingerprint density at radius 2 is 1.96 bits per heavy atom. The van der Waals surface area contributed by atoms with Crippen LogP contribution in [-0.4, -0.2) is 25.0 Å². The Labute approximate surface area is 159 Å². The van der Waals surface area contributed by atoms with Gasteiger partial charge in [0, 0.05) is 24.4 Å². The van der Waals surface area contributed by atoms with Crippen molar-refractivity contribution in [3.8, 4) is 5.75 Å². The van der Waals surface area contributed by atoms with E-state index in [9.17, 15) is 9.59 Å². The predicted octanol–water partition coefficient (Wildman–Crippen LogP) is 4.11. The lowest BCUT2D eigenvalue weighted by Crippen LogP contribution is -2.42. The topological polar surface area (TPSA) is 58.6 Å². The number of benzene rings is 2. The molecule has 0 fully saturated rings. The molecule has 27 heavy (non-hydrogen) atoms. The SMILES string of the molecule is CCN1C(=O)C(C)(C)COc2cc(NC(=O)/C=C/c3ccccc3)ccc21. The first kappa shape index (κ1) is 18.7. The Balaban J connectivity index is 1.78. The number of fused-ring (bicyclic) bond motifs is 1. The van der Waals surface area contributed by atoms with Crippen molar-refractivity contribution in [1.82, 2.24) is 0 Å². The van der Waals surface area contributed by atoms with Gasteiger partial charge in [-0.1, -0.05) is 30.3 Å². The van der Waals surface area contributed by atoms with Gasteiger partial charge in [0.05, 0.1) is 11.1 Å². The third-order valence-electron chi connectivity index (χ3n) is 4.47. The molecule has 1 N–H and O–H groups in total. The number of nitrogens with one attached hydrogen (secondary N) is 1. The highest BCUT2D eigenvalue weighted by atomic mass is 16.5. The second-order valence-corrected chi connectivity index (χ2v) is 7.14. The summed E-state index contributed by atoms with van der Waals surface area (Å²) in [5.41, 5.74) is 1.71. The molecular formula is C22H24N2O3. The molecule has 140 valence electrons. The van der Waals surface area contributed by atoms with E-state index in [0.717, 1.165) is 11.3 Å². The first-order valence-corrected chi connectivity index (χ1v) is 9.03. The van der Waals surface area contributed by atoms with E-state index < -0.39 is 5.41 Å². The minimum atomic E-state index is -0.600. The second-order valence-electron chi connectivity index (χ2n) is 7.14. The summed E-state index contributed by atoms with van der Waals surface area (Å²) in [7, 11) is 0. The number of carbonyl (C=O) groups excluding carboxylic acids is 2. The van der Waals surface area contributed by atoms with Crippen LogP contribution in [0.4, 0.5) is 11.4 Å². The first-order chi connectivity index (χ1) is 12.9. The average Bonchev–Trinajstić information content (AvgIpc) is 2.76. The molecule has 5 nitrogen and oxygen atoms in total. The number of rotatable bonds is 4. The van der Waals surface area contributed by atoms with Gasteiger partial charge in [-0.3, -0.25) is 9.59 Å². The molecule has 1 aliphatic heterocycles. The van der Waals surface area contributed by atoms with Crippen molar-refractivity contribution in [2.75, 3.05) is 23.4 Å². The van der Waals surface area contributed by atoms with Crippen molar-refractivity contribution in [3.63, 3.8) is 0 Å². The number of hydrogen-bond acceptors (Lipinski definition) is 3. The van der Waals surface area contributed by atoms with Crippen LogP contribution in [-0.2, 0) is 9.59 Å². The van der Waals surface area contributed by atoms with Crippen LogP contribution in [0.5, 0.6) is 5.75 Å². The van der Waals surface area contributed by atoms with Crippen molar-refractivity contribution >= 4 is 29.3 Å². The molecule has 0 saturated carbocycles. The third-order valence-corrected chi connectivity index (χ3v) is 4.47. The zero-order valence-electron chi connectivity index (χ0n) is 15.9. The lowest BCUT2D eigenvalue weighted by Gasteiger charge is -2.26. The number of anilines is 2. The molecule has 1 aliphatic rings. The zero-order chi connectivity index (χ0) is 19.4. The van der Waals surface area contributed by atoms with Gasteiger partial charge in [-0.15, -0.1) is 0 Å². The smallest absolute Gasteiger partial charge is 0.248 e. The highest BCUT2D eigenvalue weighted by Gasteiger charge is 2.37. The molecule has 0 aromatic heterocycles. The molecule has 1 heterocycles. The van der Waals surface area contributed by atoms with E-state index in [0.29, 0.717) is 24.6 Å². The van der Waals surface area contributed by atoms with E-state index in [-0.39, 0.29) is 11.8 Å². The molecule has 0 spiro atoms. The minimum Gasteiger partial charge on any atom is -0.490 e. The first-order valence-electron chi connectivity index (χ1n) is 9.03. The Morgan fingerprint density at radius 1 is 1.22 bits per heavy atom. The van der Waals surface area contributed by atoms with Gasteiger partial charge >= 0.3 is 0 Å². The summed E-state index contributed by atoms with van der Waals surface area (Å²) in [6.07, 6.45) is 3.25. The number of carbonyl (C=O) groups is 2. The molecule has 0 bridgehead atoms. The van der Waals surface area contributed by atoms with Crippen LogP contribution >= 0.6 is 0 Å². The summed E-state index contributed by atoms with van der Waals surface area (Å²) in [4.78, 5) is 26.6. The summed E-state index contributed by atoms with van der Waals surface area (Å²) in [5, 5.41) is 2.84. The summed E-state index contributed by atoms with van der Waals surface area (Å²) >= 11 is 0. The lowest BCUT2D eigenvalue weighted by molar-refractivity contribution is -0.127. The van der Waals surface area contributed by atoms with Gasteiger partial charge in [0.2, 0.25) is 11.8 Å². The zero-order valence-corrected chi connectivity index (χ0v) is 15.9. The molecule has 2 amide bonds. The number of ether oxygens (including phenoxy) is 1. The fourth-order valence-corrected chi connectivity index (χ4v) is 2.96. The molecule has 0 unspecified atom stereocenters. The van der Waals surface area contributed by atoms with Crippen molar-refractivity contribution in [2.24, 2.45) is 5.41 Å². The standard InChI is InChI=1S/C22H24N2O3/c1-4-24-18-12-11-17(14-19(18)27-15-22(2,3)21(24)26)23-20(25)13-10-16-8-6-5-7-9-16/h5-14H,4,15H2,1-3H3,(H,23,25)/b13-10+. The highest BCUT2D eigenvalue weighted by Crippen LogP contribution is 2.38. The van der Waals surface area contributed by atoms with E-state index in [4.69, 9.17) is 4.74 Å².